The summed E-state index contributed by atoms with van der Waals surface area (Å²) in [6.07, 6.45) is 4.19. The Kier molecular flexibility index (Phi) is 2.59. The van der Waals surface area contributed by atoms with E-state index in [0.717, 1.165) is 23.4 Å². The summed E-state index contributed by atoms with van der Waals surface area (Å²) < 4.78 is 0. The van der Waals surface area contributed by atoms with Crippen molar-refractivity contribution in [3.8, 4) is 0 Å². The lowest BCUT2D eigenvalue weighted by molar-refractivity contribution is 0.361. The van der Waals surface area contributed by atoms with Crippen LogP contribution in [-0.2, 0) is 0 Å². The highest BCUT2D eigenvalue weighted by molar-refractivity contribution is 6.30. The molecule has 0 spiro atoms. The smallest absolute Gasteiger partial charge is 0.0410 e. The molecule has 2 heteroatoms. The van der Waals surface area contributed by atoms with E-state index in [1.54, 1.807) is 0 Å². The molecule has 1 fully saturated rings. The van der Waals surface area contributed by atoms with Gasteiger partial charge in [-0.25, -0.2) is 0 Å². The molecule has 0 saturated heterocycles. The Balaban J connectivity index is 1.93. The van der Waals surface area contributed by atoms with Gasteiger partial charge in [0.15, 0.2) is 0 Å². The van der Waals surface area contributed by atoms with E-state index in [9.17, 15) is 0 Å². The van der Waals surface area contributed by atoms with Crippen LogP contribution in [0.15, 0.2) is 18.2 Å². The summed E-state index contributed by atoms with van der Waals surface area (Å²) in [5.74, 6) is 2.41. The largest absolute Gasteiger partial charge is 0.384 e. The third-order valence-electron chi connectivity index (χ3n) is 4.37. The summed E-state index contributed by atoms with van der Waals surface area (Å²) >= 11 is 6.10. The van der Waals surface area contributed by atoms with Gasteiger partial charge in [-0.2, -0.15) is 0 Å². The molecule has 0 bridgehead atoms. The van der Waals surface area contributed by atoms with Gasteiger partial charge in [-0.15, -0.1) is 0 Å². The van der Waals surface area contributed by atoms with Crippen molar-refractivity contribution in [2.45, 2.75) is 32.1 Å². The molecular weight excluding hydrogens is 218 g/mol. The second-order valence-electron chi connectivity index (χ2n) is 5.29. The molecule has 3 unspecified atom stereocenters. The lowest BCUT2D eigenvalue weighted by Gasteiger charge is -2.22. The van der Waals surface area contributed by atoms with E-state index in [2.05, 4.69) is 24.4 Å². The molecule has 0 aromatic heterocycles. The lowest BCUT2D eigenvalue weighted by atomic mass is 9.81. The SMILES string of the molecule is CC1CCCC1C1CNc2ccc(Cl)cc21. The van der Waals surface area contributed by atoms with Crippen molar-refractivity contribution in [3.63, 3.8) is 0 Å². The summed E-state index contributed by atoms with van der Waals surface area (Å²) in [7, 11) is 0. The van der Waals surface area contributed by atoms with Crippen LogP contribution in [0.5, 0.6) is 0 Å². The Morgan fingerprint density at radius 3 is 2.94 bits per heavy atom. The molecule has 86 valence electrons. The fourth-order valence-electron chi connectivity index (χ4n) is 3.49. The minimum atomic E-state index is 0.686. The van der Waals surface area contributed by atoms with Gasteiger partial charge in [0.25, 0.3) is 0 Å². The van der Waals surface area contributed by atoms with E-state index in [1.165, 1.54) is 30.5 Å². The second kappa shape index (κ2) is 3.96. The number of benzene rings is 1. The zero-order valence-electron chi connectivity index (χ0n) is 9.67. The first-order chi connectivity index (χ1) is 7.75. The number of rotatable bonds is 1. The molecule has 1 nitrogen and oxygen atoms in total. The predicted molar refractivity (Wildman–Crippen MR) is 69.2 cm³/mol. The summed E-state index contributed by atoms with van der Waals surface area (Å²) in [6, 6.07) is 6.26. The quantitative estimate of drug-likeness (QED) is 0.766. The maximum atomic E-state index is 6.10. The fraction of sp³-hybridized carbons (Fsp3) is 0.571. The number of halogens is 1. The molecule has 1 heterocycles. The zero-order valence-corrected chi connectivity index (χ0v) is 10.4. The van der Waals surface area contributed by atoms with Crippen molar-refractivity contribution >= 4 is 17.3 Å². The molecule has 2 aliphatic rings. The first kappa shape index (κ1) is 10.5. The van der Waals surface area contributed by atoms with Crippen LogP contribution in [0, 0.1) is 11.8 Å². The van der Waals surface area contributed by atoms with Crippen molar-refractivity contribution in [3.05, 3.63) is 28.8 Å². The molecule has 16 heavy (non-hydrogen) atoms. The third kappa shape index (κ3) is 1.62. The highest BCUT2D eigenvalue weighted by atomic mass is 35.5. The second-order valence-corrected chi connectivity index (χ2v) is 5.73. The van der Waals surface area contributed by atoms with Gasteiger partial charge >= 0.3 is 0 Å². The van der Waals surface area contributed by atoms with E-state index in [0.29, 0.717) is 5.92 Å². The van der Waals surface area contributed by atoms with Crippen LogP contribution in [0.25, 0.3) is 0 Å². The van der Waals surface area contributed by atoms with E-state index in [1.807, 2.05) is 6.07 Å². The van der Waals surface area contributed by atoms with Crippen LogP contribution in [0.2, 0.25) is 5.02 Å². The molecule has 3 rings (SSSR count). The first-order valence-corrected chi connectivity index (χ1v) is 6.67. The first-order valence-electron chi connectivity index (χ1n) is 6.29. The minimum absolute atomic E-state index is 0.686. The van der Waals surface area contributed by atoms with Gasteiger partial charge in [0, 0.05) is 23.2 Å². The van der Waals surface area contributed by atoms with Crippen molar-refractivity contribution in [1.82, 2.24) is 0 Å². The van der Waals surface area contributed by atoms with Gasteiger partial charge < -0.3 is 5.32 Å². The van der Waals surface area contributed by atoms with Crippen LogP contribution >= 0.6 is 11.6 Å². The Bertz CT molecular complexity index is 402. The predicted octanol–water partition coefficient (Wildman–Crippen LogP) is 4.29. The Labute approximate surface area is 102 Å². The number of nitrogens with one attached hydrogen (secondary N) is 1. The van der Waals surface area contributed by atoms with Crippen molar-refractivity contribution < 1.29 is 0 Å². The minimum Gasteiger partial charge on any atom is -0.384 e. The van der Waals surface area contributed by atoms with Crippen LogP contribution in [0.1, 0.15) is 37.7 Å². The molecule has 0 amide bonds. The van der Waals surface area contributed by atoms with E-state index in [-0.39, 0.29) is 0 Å². The lowest BCUT2D eigenvalue weighted by Crippen LogP contribution is -2.17. The third-order valence-corrected chi connectivity index (χ3v) is 4.61. The number of fused-ring (bicyclic) bond motifs is 1. The van der Waals surface area contributed by atoms with Crippen molar-refractivity contribution in [2.75, 3.05) is 11.9 Å². The summed E-state index contributed by atoms with van der Waals surface area (Å²) in [5.41, 5.74) is 2.75. The standard InChI is InChI=1S/C14H18ClN/c1-9-3-2-4-11(9)13-8-16-14-6-5-10(15)7-12(13)14/h5-7,9,11,13,16H,2-4,8H2,1H3. The van der Waals surface area contributed by atoms with Gasteiger partial charge in [-0.1, -0.05) is 31.4 Å². The van der Waals surface area contributed by atoms with Gasteiger partial charge in [0.1, 0.15) is 0 Å². The molecular formula is C14H18ClN. The molecule has 0 radical (unpaired) electrons. The monoisotopic (exact) mass is 235 g/mol. The molecule has 1 N–H and O–H groups in total. The van der Waals surface area contributed by atoms with E-state index < -0.39 is 0 Å². The van der Waals surface area contributed by atoms with Gasteiger partial charge in [-0.05, 0) is 42.0 Å². The molecule has 1 aromatic carbocycles. The molecule has 3 atom stereocenters. The topological polar surface area (TPSA) is 12.0 Å². The normalized spacial score (nSPS) is 32.5. The summed E-state index contributed by atoms with van der Waals surface area (Å²) in [5, 5.41) is 4.39. The average molecular weight is 236 g/mol. The van der Waals surface area contributed by atoms with Crippen LogP contribution in [-0.4, -0.2) is 6.54 Å². The molecule has 1 aliphatic carbocycles. The fourth-order valence-corrected chi connectivity index (χ4v) is 3.67. The molecule has 1 aliphatic heterocycles. The number of hydrogen-bond donors (Lipinski definition) is 1. The molecule has 1 aromatic rings. The van der Waals surface area contributed by atoms with Crippen LogP contribution in [0.3, 0.4) is 0 Å². The Morgan fingerprint density at radius 2 is 2.19 bits per heavy atom. The van der Waals surface area contributed by atoms with Crippen LogP contribution < -0.4 is 5.32 Å². The zero-order chi connectivity index (χ0) is 11.1. The Morgan fingerprint density at radius 1 is 1.31 bits per heavy atom. The maximum absolute atomic E-state index is 6.10. The van der Waals surface area contributed by atoms with Crippen molar-refractivity contribution in [1.29, 1.82) is 0 Å². The Hall–Kier alpha value is -0.690. The highest BCUT2D eigenvalue weighted by Gasteiger charge is 2.35. The average Bonchev–Trinajstić information content (AvgIpc) is 2.83. The van der Waals surface area contributed by atoms with Gasteiger partial charge in [-0.3, -0.25) is 0 Å². The highest BCUT2D eigenvalue weighted by Crippen LogP contribution is 2.46. The summed E-state index contributed by atoms with van der Waals surface area (Å²) in [4.78, 5) is 0. The van der Waals surface area contributed by atoms with E-state index >= 15 is 0 Å². The van der Waals surface area contributed by atoms with Gasteiger partial charge in [0.05, 0.1) is 0 Å². The molecule has 1 saturated carbocycles. The maximum Gasteiger partial charge on any atom is 0.0410 e. The number of hydrogen-bond acceptors (Lipinski definition) is 1. The van der Waals surface area contributed by atoms with Crippen LogP contribution in [0.4, 0.5) is 5.69 Å². The van der Waals surface area contributed by atoms with E-state index in [4.69, 9.17) is 11.6 Å². The van der Waals surface area contributed by atoms with Crippen molar-refractivity contribution in [2.24, 2.45) is 11.8 Å². The number of anilines is 1. The van der Waals surface area contributed by atoms with Gasteiger partial charge in [0.2, 0.25) is 0 Å². The summed E-state index contributed by atoms with van der Waals surface area (Å²) in [6.45, 7) is 3.50.